The van der Waals surface area contributed by atoms with E-state index in [9.17, 15) is 27.6 Å². The van der Waals surface area contributed by atoms with E-state index in [2.05, 4.69) is 34.5 Å². The van der Waals surface area contributed by atoms with Crippen molar-refractivity contribution in [2.24, 2.45) is 13.0 Å². The lowest BCUT2D eigenvalue weighted by Gasteiger charge is -2.40. The van der Waals surface area contributed by atoms with Crippen molar-refractivity contribution in [2.75, 3.05) is 65.8 Å². The maximum atomic E-state index is 14.1. The quantitative estimate of drug-likeness (QED) is 0.220. The number of pyridine rings is 1. The number of imidazole rings is 1. The molecule has 4 aromatic rings. The topological polar surface area (TPSA) is 168 Å². The fraction of sp³-hybridized carbons (Fsp3) is 0.400. The van der Waals surface area contributed by atoms with Crippen LogP contribution in [0.25, 0.3) is 17.1 Å². The summed E-state index contributed by atoms with van der Waals surface area (Å²) in [5.74, 6) is -0.448. The van der Waals surface area contributed by atoms with Crippen molar-refractivity contribution in [3.63, 3.8) is 0 Å². The number of amides is 3. The number of quaternary nitrogens is 1. The molecule has 1 aromatic carbocycles. The SMILES string of the molecule is COc1ccc(-n2cc(-c3cnc(C(=O)Nc4ccc(C(=O)N5CCN(C(=O)C6CC[N+](C)(C)CC6)CC5)c(Cl)c4)n3C)c(C(F)(F)F)n2)nc1.O=C[O-]. The van der Waals surface area contributed by atoms with Crippen LogP contribution in [0.15, 0.2) is 48.9 Å². The molecule has 0 radical (unpaired) electrons. The zero-order valence-electron chi connectivity index (χ0n) is 30.0. The molecule has 5 heterocycles. The number of ether oxygens (including phenoxy) is 1. The number of alkyl halides is 3. The molecule has 3 amide bonds. The maximum Gasteiger partial charge on any atom is 0.435 e. The Kier molecular flexibility index (Phi) is 12.0. The van der Waals surface area contributed by atoms with E-state index in [0.29, 0.717) is 31.9 Å². The number of nitrogens with one attached hydrogen (secondary N) is 1. The average molecular weight is 774 g/mol. The minimum Gasteiger partial charge on any atom is -0.554 e. The molecule has 19 heteroatoms. The molecule has 2 fully saturated rings. The first-order valence-corrected chi connectivity index (χ1v) is 17.2. The van der Waals surface area contributed by atoms with E-state index < -0.39 is 24.2 Å². The summed E-state index contributed by atoms with van der Waals surface area (Å²) in [4.78, 5) is 59.7. The Bertz CT molecular complexity index is 2000. The smallest absolute Gasteiger partial charge is 0.435 e. The molecule has 0 atom stereocenters. The second kappa shape index (κ2) is 16.3. The number of piperazine rings is 1. The number of piperidine rings is 1. The largest absolute Gasteiger partial charge is 0.554 e. The number of halogens is 4. The van der Waals surface area contributed by atoms with Crippen LogP contribution in [-0.2, 0) is 22.8 Å². The van der Waals surface area contributed by atoms with Crippen LogP contribution in [0, 0.1) is 5.92 Å². The highest BCUT2D eigenvalue weighted by Gasteiger charge is 2.39. The second-order valence-corrected chi connectivity index (χ2v) is 13.8. The van der Waals surface area contributed by atoms with E-state index >= 15 is 0 Å². The Morgan fingerprint density at radius 1 is 1.02 bits per heavy atom. The van der Waals surface area contributed by atoms with Gasteiger partial charge in [-0.1, -0.05) is 11.6 Å². The summed E-state index contributed by atoms with van der Waals surface area (Å²) in [6, 6.07) is 7.44. The number of carbonyl (C=O) groups is 4. The molecule has 0 aliphatic carbocycles. The Labute approximate surface area is 313 Å². The standard InChI is InChI=1S/C34H37ClF3N9O4.CH2O2/c1-43-27(25-20-46(42-29(25)34(36,37)38)28-8-6-23(51-4)18-39-28)19-40-30(43)31(48)41-22-5-7-24(26(35)17-22)33(50)45-13-11-44(12-14-45)32(49)21-9-15-47(2,3)16-10-21;2-1-3/h5-8,17-21H,9-16H2,1-4H3;1H,(H,2,3). The first-order chi connectivity index (χ1) is 25.6. The van der Waals surface area contributed by atoms with E-state index in [4.69, 9.17) is 26.2 Å². The van der Waals surface area contributed by atoms with Crippen molar-refractivity contribution in [1.82, 2.24) is 34.1 Å². The summed E-state index contributed by atoms with van der Waals surface area (Å²) in [6.45, 7) is 3.07. The van der Waals surface area contributed by atoms with Crippen LogP contribution in [0.3, 0.4) is 0 Å². The van der Waals surface area contributed by atoms with Gasteiger partial charge in [0.15, 0.2) is 17.3 Å². The lowest BCUT2D eigenvalue weighted by Crippen LogP contribution is -2.54. The van der Waals surface area contributed by atoms with Crippen molar-refractivity contribution in [3.8, 4) is 22.8 Å². The van der Waals surface area contributed by atoms with Gasteiger partial charge in [-0.2, -0.15) is 18.3 Å². The molecule has 6 rings (SSSR count). The number of nitrogens with zero attached hydrogens (tertiary/aromatic N) is 8. The highest BCUT2D eigenvalue weighted by atomic mass is 35.5. The van der Waals surface area contributed by atoms with Crippen molar-refractivity contribution in [1.29, 1.82) is 0 Å². The number of carbonyl (C=O) groups excluding carboxylic acids is 4. The van der Waals surface area contributed by atoms with Gasteiger partial charge in [0.25, 0.3) is 11.8 Å². The van der Waals surface area contributed by atoms with Gasteiger partial charge in [0.2, 0.25) is 5.91 Å². The number of hydrogen-bond acceptors (Lipinski definition) is 9. The van der Waals surface area contributed by atoms with Crippen LogP contribution in [0.4, 0.5) is 18.9 Å². The molecule has 2 aliphatic heterocycles. The van der Waals surface area contributed by atoms with Crippen molar-refractivity contribution in [3.05, 3.63) is 71.0 Å². The van der Waals surface area contributed by atoms with E-state index in [1.54, 1.807) is 11.0 Å². The van der Waals surface area contributed by atoms with Crippen molar-refractivity contribution in [2.45, 2.75) is 19.0 Å². The number of likely N-dealkylation sites (tertiary alicyclic amines) is 1. The summed E-state index contributed by atoms with van der Waals surface area (Å²) in [5.41, 5.74) is -0.991. The summed E-state index contributed by atoms with van der Waals surface area (Å²) < 4.78 is 50.4. The van der Waals surface area contributed by atoms with E-state index in [1.807, 2.05) is 4.90 Å². The molecule has 0 bridgehead atoms. The number of rotatable bonds is 7. The number of benzene rings is 1. The van der Waals surface area contributed by atoms with Gasteiger partial charge in [0, 0.05) is 70.3 Å². The van der Waals surface area contributed by atoms with Gasteiger partial charge >= 0.3 is 6.18 Å². The number of hydrogen-bond donors (Lipinski definition) is 1. The van der Waals surface area contributed by atoms with Crippen LogP contribution < -0.4 is 15.2 Å². The average Bonchev–Trinajstić information content (AvgIpc) is 3.76. The summed E-state index contributed by atoms with van der Waals surface area (Å²) >= 11 is 6.51. The molecular formula is C35H39ClF3N9O6. The van der Waals surface area contributed by atoms with E-state index in [1.165, 1.54) is 55.4 Å². The Balaban J connectivity index is 0.00000181. The zero-order valence-corrected chi connectivity index (χ0v) is 30.7. The summed E-state index contributed by atoms with van der Waals surface area (Å²) in [6.07, 6.45) is 0.586. The first kappa shape index (κ1) is 39.7. The van der Waals surface area contributed by atoms with Gasteiger partial charge in [-0.15, -0.1) is 0 Å². The lowest BCUT2D eigenvalue weighted by atomic mass is 9.94. The molecular weight excluding hydrogens is 735 g/mol. The van der Waals surface area contributed by atoms with Gasteiger partial charge < -0.3 is 38.8 Å². The summed E-state index contributed by atoms with van der Waals surface area (Å²) in [7, 11) is 7.20. The fourth-order valence-corrected chi connectivity index (χ4v) is 6.67. The molecule has 2 aliphatic rings. The van der Waals surface area contributed by atoms with Crippen molar-refractivity contribution >= 4 is 41.5 Å². The number of carboxylic acid groups (broad SMARTS) is 1. The third-order valence-electron chi connectivity index (χ3n) is 9.49. The Morgan fingerprint density at radius 3 is 2.24 bits per heavy atom. The van der Waals surface area contributed by atoms with Gasteiger partial charge in [-0.3, -0.25) is 14.4 Å². The van der Waals surface area contributed by atoms with Crippen LogP contribution in [0.2, 0.25) is 5.02 Å². The summed E-state index contributed by atoms with van der Waals surface area (Å²) in [5, 5.41) is 14.7. The molecule has 0 spiro atoms. The minimum atomic E-state index is -4.81. The van der Waals surface area contributed by atoms with Gasteiger partial charge in [-0.05, 0) is 30.3 Å². The molecule has 54 heavy (non-hydrogen) atoms. The van der Waals surface area contributed by atoms with E-state index in [-0.39, 0.29) is 56.9 Å². The lowest BCUT2D eigenvalue weighted by molar-refractivity contribution is -0.895. The third-order valence-corrected chi connectivity index (χ3v) is 9.80. The van der Waals surface area contributed by atoms with Crippen LogP contribution in [0.1, 0.15) is 39.5 Å². The molecule has 15 nitrogen and oxygen atoms in total. The third kappa shape index (κ3) is 8.82. The van der Waals surface area contributed by atoms with Crippen LogP contribution >= 0.6 is 11.6 Å². The molecule has 1 N–H and O–H groups in total. The highest BCUT2D eigenvalue weighted by Crippen LogP contribution is 2.37. The van der Waals surface area contributed by atoms with Crippen LogP contribution in [0.5, 0.6) is 5.75 Å². The minimum absolute atomic E-state index is 0.00467. The predicted molar refractivity (Wildman–Crippen MR) is 188 cm³/mol. The molecule has 0 unspecified atom stereocenters. The molecule has 0 saturated carbocycles. The second-order valence-electron chi connectivity index (χ2n) is 13.4. The number of aromatic nitrogens is 5. The highest BCUT2D eigenvalue weighted by molar-refractivity contribution is 6.34. The van der Waals surface area contributed by atoms with Crippen molar-refractivity contribution < 1.29 is 46.7 Å². The van der Waals surface area contributed by atoms with Gasteiger partial charge in [0.1, 0.15) is 5.75 Å². The molecule has 288 valence electrons. The maximum absolute atomic E-state index is 14.1. The predicted octanol–water partition coefficient (Wildman–Crippen LogP) is 2.74. The fourth-order valence-electron chi connectivity index (χ4n) is 6.41. The normalized spacial score (nSPS) is 15.9. The van der Waals surface area contributed by atoms with Crippen LogP contribution in [-0.4, -0.2) is 123 Å². The first-order valence-electron chi connectivity index (χ1n) is 16.8. The Morgan fingerprint density at radius 2 is 1.67 bits per heavy atom. The molecule has 3 aromatic heterocycles. The Hall–Kier alpha value is -5.49. The van der Waals surface area contributed by atoms with Gasteiger partial charge in [0.05, 0.1) is 68.5 Å². The molecule has 2 saturated heterocycles. The van der Waals surface area contributed by atoms with Gasteiger partial charge in [-0.25, -0.2) is 14.6 Å². The zero-order chi connectivity index (χ0) is 39.4. The monoisotopic (exact) mass is 773 g/mol. The van der Waals surface area contributed by atoms with E-state index in [0.717, 1.165) is 41.3 Å². The number of anilines is 1. The number of methoxy groups -OCH3 is 1.